The molecule has 0 heterocycles. The highest BCUT2D eigenvalue weighted by atomic mass is 19.1. The number of nitrogens with zero attached hydrogens (tertiary/aromatic N) is 1. The van der Waals surface area contributed by atoms with Crippen LogP contribution in [0.25, 0.3) is 0 Å². The fourth-order valence-electron chi connectivity index (χ4n) is 1.97. The van der Waals surface area contributed by atoms with E-state index >= 15 is 0 Å². The van der Waals surface area contributed by atoms with Crippen molar-refractivity contribution in [2.75, 3.05) is 0 Å². The maximum atomic E-state index is 13.2. The van der Waals surface area contributed by atoms with Crippen molar-refractivity contribution in [3.05, 3.63) is 34.6 Å². The van der Waals surface area contributed by atoms with Crippen LogP contribution in [0.15, 0.2) is 12.1 Å². The first-order chi connectivity index (χ1) is 6.77. The Morgan fingerprint density at radius 2 is 2.36 bits per heavy atom. The van der Waals surface area contributed by atoms with Crippen LogP contribution in [0.4, 0.5) is 4.39 Å². The number of rotatable bonds is 1. The number of carbonyl (C=O) groups is 1. The number of aldehydes is 1. The predicted molar refractivity (Wildman–Crippen MR) is 48.2 cm³/mol. The van der Waals surface area contributed by atoms with Crippen LogP contribution in [0.3, 0.4) is 0 Å². The predicted octanol–water partition coefficient (Wildman–Crippen LogP) is 1.93. The third-order valence-corrected chi connectivity index (χ3v) is 2.68. The molecule has 0 spiro atoms. The number of fused-ring (bicyclic) bond motifs is 1. The van der Waals surface area contributed by atoms with Gasteiger partial charge >= 0.3 is 0 Å². The summed E-state index contributed by atoms with van der Waals surface area (Å²) in [5.41, 5.74) is 1.63. The number of nitriles is 1. The Labute approximate surface area is 81.0 Å². The Kier molecular flexibility index (Phi) is 2.05. The molecule has 14 heavy (non-hydrogen) atoms. The molecule has 0 aliphatic heterocycles. The normalized spacial score (nSPS) is 18.7. The van der Waals surface area contributed by atoms with E-state index in [-0.39, 0.29) is 11.5 Å². The maximum absolute atomic E-state index is 13.2. The first-order valence-electron chi connectivity index (χ1n) is 4.44. The molecule has 1 aromatic carbocycles. The Balaban J connectivity index is 2.62. The van der Waals surface area contributed by atoms with Gasteiger partial charge in [-0.05, 0) is 30.0 Å². The second kappa shape index (κ2) is 3.22. The van der Waals surface area contributed by atoms with Crippen LogP contribution < -0.4 is 0 Å². The molecule has 1 aliphatic carbocycles. The minimum atomic E-state index is -0.488. The fourth-order valence-corrected chi connectivity index (χ4v) is 1.97. The molecular weight excluding hydrogens is 181 g/mol. The van der Waals surface area contributed by atoms with Gasteiger partial charge in [0.2, 0.25) is 0 Å². The summed E-state index contributed by atoms with van der Waals surface area (Å²) in [7, 11) is 0. The van der Waals surface area contributed by atoms with Gasteiger partial charge in [0, 0.05) is 5.92 Å². The van der Waals surface area contributed by atoms with Gasteiger partial charge < -0.3 is 4.79 Å². The molecule has 70 valence electrons. The third kappa shape index (κ3) is 1.12. The van der Waals surface area contributed by atoms with Crippen molar-refractivity contribution >= 4 is 6.29 Å². The SMILES string of the molecule is N#Cc1c(F)ccc2c1CC[C@H]2C=O. The molecule has 0 unspecified atom stereocenters. The first kappa shape index (κ1) is 8.89. The number of carbonyl (C=O) groups excluding carboxylic acids is 1. The van der Waals surface area contributed by atoms with Crippen molar-refractivity contribution in [2.24, 2.45) is 0 Å². The third-order valence-electron chi connectivity index (χ3n) is 2.68. The second-order valence-corrected chi connectivity index (χ2v) is 3.38. The molecule has 0 saturated heterocycles. The zero-order chi connectivity index (χ0) is 10.1. The van der Waals surface area contributed by atoms with Gasteiger partial charge in [0.05, 0.1) is 5.56 Å². The Morgan fingerprint density at radius 3 is 3.00 bits per heavy atom. The minimum Gasteiger partial charge on any atom is -0.303 e. The average Bonchev–Trinajstić information content (AvgIpc) is 2.60. The number of hydrogen-bond donors (Lipinski definition) is 0. The van der Waals surface area contributed by atoms with Crippen molar-refractivity contribution < 1.29 is 9.18 Å². The van der Waals surface area contributed by atoms with E-state index in [4.69, 9.17) is 5.26 Å². The highest BCUT2D eigenvalue weighted by Crippen LogP contribution is 2.34. The molecule has 2 rings (SSSR count). The highest BCUT2D eigenvalue weighted by molar-refractivity contribution is 5.66. The van der Waals surface area contributed by atoms with E-state index in [0.29, 0.717) is 18.4 Å². The van der Waals surface area contributed by atoms with E-state index in [9.17, 15) is 9.18 Å². The smallest absolute Gasteiger partial charge is 0.141 e. The Hall–Kier alpha value is -1.69. The van der Waals surface area contributed by atoms with E-state index in [0.717, 1.165) is 11.8 Å². The first-order valence-corrected chi connectivity index (χ1v) is 4.44. The molecule has 0 N–H and O–H groups in total. The lowest BCUT2D eigenvalue weighted by molar-refractivity contribution is -0.109. The van der Waals surface area contributed by atoms with Gasteiger partial charge in [-0.1, -0.05) is 6.07 Å². The van der Waals surface area contributed by atoms with Gasteiger partial charge in [0.15, 0.2) is 0 Å². The molecule has 0 fully saturated rings. The summed E-state index contributed by atoms with van der Waals surface area (Å²) in [5.74, 6) is -0.643. The quantitative estimate of drug-likeness (QED) is 0.633. The second-order valence-electron chi connectivity index (χ2n) is 3.38. The summed E-state index contributed by atoms with van der Waals surface area (Å²) in [5, 5.41) is 8.76. The zero-order valence-electron chi connectivity index (χ0n) is 7.46. The molecule has 1 aromatic rings. The molecule has 3 heteroatoms. The molecule has 0 aromatic heterocycles. The molecule has 1 atom stereocenters. The average molecular weight is 189 g/mol. The van der Waals surface area contributed by atoms with Gasteiger partial charge in [-0.2, -0.15) is 5.26 Å². The lowest BCUT2D eigenvalue weighted by Gasteiger charge is -2.04. The van der Waals surface area contributed by atoms with Crippen LogP contribution in [0.1, 0.15) is 29.0 Å². The summed E-state index contributed by atoms with van der Waals surface area (Å²) in [4.78, 5) is 10.7. The van der Waals surface area contributed by atoms with E-state index < -0.39 is 5.82 Å². The standard InChI is InChI=1S/C11H8FNO/c12-11-4-3-8-7(6-14)1-2-9(8)10(11)5-13/h3-4,6-7H,1-2H2/t7-/m0/s1. The number of benzene rings is 1. The summed E-state index contributed by atoms with van der Waals surface area (Å²) in [6, 6.07) is 4.72. The molecule has 2 nitrogen and oxygen atoms in total. The van der Waals surface area contributed by atoms with Crippen LogP contribution in [-0.4, -0.2) is 6.29 Å². The van der Waals surface area contributed by atoms with E-state index in [1.807, 2.05) is 6.07 Å². The molecule has 0 saturated carbocycles. The van der Waals surface area contributed by atoms with E-state index in [1.54, 1.807) is 6.07 Å². The lowest BCUT2D eigenvalue weighted by Crippen LogP contribution is -1.96. The van der Waals surface area contributed by atoms with Crippen molar-refractivity contribution in [1.82, 2.24) is 0 Å². The minimum absolute atomic E-state index is 0.104. The van der Waals surface area contributed by atoms with Crippen LogP contribution in [0.2, 0.25) is 0 Å². The molecule has 0 bridgehead atoms. The van der Waals surface area contributed by atoms with Crippen molar-refractivity contribution in [1.29, 1.82) is 5.26 Å². The monoisotopic (exact) mass is 189 g/mol. The van der Waals surface area contributed by atoms with E-state index in [1.165, 1.54) is 6.07 Å². The Bertz CT molecular complexity index is 434. The van der Waals surface area contributed by atoms with Gasteiger partial charge in [-0.25, -0.2) is 4.39 Å². The number of hydrogen-bond acceptors (Lipinski definition) is 2. The summed E-state index contributed by atoms with van der Waals surface area (Å²) in [6.07, 6.45) is 2.18. The molecule has 0 amide bonds. The van der Waals surface area contributed by atoms with E-state index in [2.05, 4.69) is 0 Å². The fraction of sp³-hybridized carbons (Fsp3) is 0.273. The van der Waals surface area contributed by atoms with Gasteiger partial charge in [0.1, 0.15) is 18.2 Å². The largest absolute Gasteiger partial charge is 0.303 e. The summed E-state index contributed by atoms with van der Waals surface area (Å²) in [6.45, 7) is 0. The van der Waals surface area contributed by atoms with Crippen molar-refractivity contribution in [2.45, 2.75) is 18.8 Å². The lowest BCUT2D eigenvalue weighted by atomic mass is 10.00. The van der Waals surface area contributed by atoms with Crippen LogP contribution in [-0.2, 0) is 11.2 Å². The van der Waals surface area contributed by atoms with Crippen LogP contribution in [0.5, 0.6) is 0 Å². The molecule has 0 radical (unpaired) electrons. The van der Waals surface area contributed by atoms with Gasteiger partial charge in [-0.15, -0.1) is 0 Å². The highest BCUT2D eigenvalue weighted by Gasteiger charge is 2.25. The maximum Gasteiger partial charge on any atom is 0.141 e. The molecular formula is C11H8FNO. The zero-order valence-corrected chi connectivity index (χ0v) is 7.46. The van der Waals surface area contributed by atoms with Gasteiger partial charge in [0.25, 0.3) is 0 Å². The molecule has 1 aliphatic rings. The Morgan fingerprint density at radius 1 is 1.57 bits per heavy atom. The summed E-state index contributed by atoms with van der Waals surface area (Å²) < 4.78 is 13.2. The topological polar surface area (TPSA) is 40.9 Å². The van der Waals surface area contributed by atoms with Crippen LogP contribution in [0, 0.1) is 17.1 Å². The van der Waals surface area contributed by atoms with Crippen molar-refractivity contribution in [3.8, 4) is 6.07 Å². The van der Waals surface area contributed by atoms with Crippen molar-refractivity contribution in [3.63, 3.8) is 0 Å². The van der Waals surface area contributed by atoms with Gasteiger partial charge in [-0.3, -0.25) is 0 Å². The number of halogens is 1. The van der Waals surface area contributed by atoms with Crippen LogP contribution >= 0.6 is 0 Å². The summed E-state index contributed by atoms with van der Waals surface area (Å²) >= 11 is 0.